The largest absolute Gasteiger partial charge is 0.478 e. The zero-order chi connectivity index (χ0) is 10.7. The number of aromatic nitrogens is 1. The van der Waals surface area contributed by atoms with E-state index in [4.69, 9.17) is 5.11 Å². The molecule has 0 atom stereocenters. The second-order valence-corrected chi connectivity index (χ2v) is 3.02. The van der Waals surface area contributed by atoms with E-state index in [0.717, 1.165) is 5.69 Å². The third kappa shape index (κ3) is 2.01. The van der Waals surface area contributed by atoms with Gasteiger partial charge in [-0.05, 0) is 18.2 Å². The van der Waals surface area contributed by atoms with Crippen LogP contribution in [0.1, 0.15) is 0 Å². The van der Waals surface area contributed by atoms with E-state index in [1.54, 1.807) is 29.5 Å². The molecular weight excluding hydrogens is 194 g/mol. The number of aliphatic carboxylic acids is 1. The van der Waals surface area contributed by atoms with Gasteiger partial charge < -0.3 is 5.11 Å². The van der Waals surface area contributed by atoms with Crippen LogP contribution in [-0.2, 0) is 4.79 Å². The van der Waals surface area contributed by atoms with Crippen LogP contribution in [0.15, 0.2) is 41.3 Å². The number of carboxylic acid groups (broad SMARTS) is 1. The number of carboxylic acids is 1. The zero-order valence-corrected chi connectivity index (χ0v) is 7.87. The summed E-state index contributed by atoms with van der Waals surface area (Å²) in [6.45, 7) is 0.274. The summed E-state index contributed by atoms with van der Waals surface area (Å²) in [5, 5.41) is 14.5. The third-order valence-corrected chi connectivity index (χ3v) is 2.04. The van der Waals surface area contributed by atoms with Crippen molar-refractivity contribution < 1.29 is 9.90 Å². The minimum atomic E-state index is -0.916. The van der Waals surface area contributed by atoms with Gasteiger partial charge in [-0.1, -0.05) is 0 Å². The van der Waals surface area contributed by atoms with E-state index in [2.05, 4.69) is 10.1 Å². The minimum absolute atomic E-state index is 0.274. The fraction of sp³-hybridized carbons (Fsp3) is 0.100. The molecule has 5 heteroatoms. The molecule has 0 aliphatic carbocycles. The second kappa shape index (κ2) is 3.91. The van der Waals surface area contributed by atoms with Crippen molar-refractivity contribution in [1.29, 1.82) is 0 Å². The second-order valence-electron chi connectivity index (χ2n) is 3.02. The van der Waals surface area contributed by atoms with E-state index < -0.39 is 5.97 Å². The number of rotatable bonds is 2. The Bertz CT molecular complexity index is 426. The molecule has 0 unspecified atom stereocenters. The van der Waals surface area contributed by atoms with Gasteiger partial charge in [0.25, 0.3) is 0 Å². The lowest BCUT2D eigenvalue weighted by atomic mass is 10.2. The standard InChI is InChI=1S/C10H9N3O2/c14-10(15)8-1-6-12-13(7-8)9-2-4-11-5-3-9/h1-6H,7H2,(H,14,15). The van der Waals surface area contributed by atoms with Crippen molar-refractivity contribution >= 4 is 17.9 Å². The number of hydrogen-bond donors (Lipinski definition) is 1. The van der Waals surface area contributed by atoms with E-state index in [1.165, 1.54) is 12.3 Å². The molecule has 15 heavy (non-hydrogen) atoms. The molecule has 0 amide bonds. The summed E-state index contributed by atoms with van der Waals surface area (Å²) in [5.74, 6) is -0.916. The van der Waals surface area contributed by atoms with Crippen molar-refractivity contribution in [3.8, 4) is 0 Å². The summed E-state index contributed by atoms with van der Waals surface area (Å²) in [6.07, 6.45) is 6.26. The first kappa shape index (κ1) is 9.39. The molecule has 0 spiro atoms. The lowest BCUT2D eigenvalue weighted by Gasteiger charge is -2.21. The highest BCUT2D eigenvalue weighted by atomic mass is 16.4. The molecule has 0 saturated carbocycles. The minimum Gasteiger partial charge on any atom is -0.478 e. The Morgan fingerprint density at radius 3 is 2.80 bits per heavy atom. The van der Waals surface area contributed by atoms with Crippen LogP contribution >= 0.6 is 0 Å². The van der Waals surface area contributed by atoms with Gasteiger partial charge in [-0.25, -0.2) is 4.79 Å². The van der Waals surface area contributed by atoms with Crippen molar-refractivity contribution in [1.82, 2.24) is 4.98 Å². The highest BCUT2D eigenvalue weighted by Gasteiger charge is 2.15. The fourth-order valence-corrected chi connectivity index (χ4v) is 1.27. The summed E-state index contributed by atoms with van der Waals surface area (Å²) in [5.41, 5.74) is 1.15. The summed E-state index contributed by atoms with van der Waals surface area (Å²) in [6, 6.07) is 3.56. The van der Waals surface area contributed by atoms with E-state index in [0.29, 0.717) is 5.57 Å². The molecule has 0 bridgehead atoms. The van der Waals surface area contributed by atoms with Gasteiger partial charge in [-0.2, -0.15) is 5.10 Å². The summed E-state index contributed by atoms with van der Waals surface area (Å²) in [7, 11) is 0. The number of allylic oxidation sites excluding steroid dienone is 1. The van der Waals surface area contributed by atoms with Gasteiger partial charge in [0.2, 0.25) is 0 Å². The average Bonchev–Trinajstić information content (AvgIpc) is 2.30. The van der Waals surface area contributed by atoms with Crippen LogP contribution in [0.3, 0.4) is 0 Å². The Morgan fingerprint density at radius 2 is 2.13 bits per heavy atom. The molecule has 76 valence electrons. The fourth-order valence-electron chi connectivity index (χ4n) is 1.27. The first-order valence-electron chi connectivity index (χ1n) is 4.41. The van der Waals surface area contributed by atoms with Crippen LogP contribution in [0.2, 0.25) is 0 Å². The van der Waals surface area contributed by atoms with Crippen LogP contribution in [0, 0.1) is 0 Å². The predicted octanol–water partition coefficient (Wildman–Crippen LogP) is 0.898. The molecular formula is C10H9N3O2. The number of hydrogen-bond acceptors (Lipinski definition) is 4. The molecule has 1 aliphatic heterocycles. The Labute approximate surface area is 86.4 Å². The maximum atomic E-state index is 10.8. The quantitative estimate of drug-likeness (QED) is 0.775. The van der Waals surface area contributed by atoms with Crippen LogP contribution in [0.4, 0.5) is 5.69 Å². The molecule has 1 aromatic rings. The van der Waals surface area contributed by atoms with Crippen LogP contribution < -0.4 is 5.01 Å². The van der Waals surface area contributed by atoms with Gasteiger partial charge in [-0.3, -0.25) is 9.99 Å². The lowest BCUT2D eigenvalue weighted by Crippen LogP contribution is -2.25. The van der Waals surface area contributed by atoms with Gasteiger partial charge >= 0.3 is 5.97 Å². The number of carbonyl (C=O) groups is 1. The lowest BCUT2D eigenvalue weighted by molar-refractivity contribution is -0.132. The molecule has 1 aromatic heterocycles. The van der Waals surface area contributed by atoms with Crippen molar-refractivity contribution in [3.05, 3.63) is 36.2 Å². The van der Waals surface area contributed by atoms with Gasteiger partial charge in [0, 0.05) is 18.6 Å². The van der Waals surface area contributed by atoms with E-state index in [9.17, 15) is 4.79 Å². The molecule has 0 saturated heterocycles. The maximum Gasteiger partial charge on any atom is 0.333 e. The molecule has 1 N–H and O–H groups in total. The molecule has 5 nitrogen and oxygen atoms in total. The molecule has 0 aromatic carbocycles. The number of anilines is 1. The topological polar surface area (TPSA) is 65.8 Å². The summed E-state index contributed by atoms with van der Waals surface area (Å²) >= 11 is 0. The Hall–Kier alpha value is -2.17. The van der Waals surface area contributed by atoms with Crippen molar-refractivity contribution in [2.45, 2.75) is 0 Å². The Morgan fingerprint density at radius 1 is 1.40 bits per heavy atom. The van der Waals surface area contributed by atoms with Gasteiger partial charge in [0.15, 0.2) is 0 Å². The number of pyridine rings is 1. The van der Waals surface area contributed by atoms with Crippen LogP contribution in [0.5, 0.6) is 0 Å². The Kier molecular flexibility index (Phi) is 2.45. The molecule has 1 aliphatic rings. The molecule has 2 heterocycles. The average molecular weight is 203 g/mol. The first-order chi connectivity index (χ1) is 7.27. The number of hydrazone groups is 1. The van der Waals surface area contributed by atoms with Crippen molar-refractivity contribution in [3.63, 3.8) is 0 Å². The molecule has 0 radical (unpaired) electrons. The monoisotopic (exact) mass is 203 g/mol. The predicted molar refractivity (Wildman–Crippen MR) is 55.8 cm³/mol. The van der Waals surface area contributed by atoms with E-state index in [1.807, 2.05) is 0 Å². The van der Waals surface area contributed by atoms with Gasteiger partial charge in [0.05, 0.1) is 17.8 Å². The Balaban J connectivity index is 2.19. The maximum absolute atomic E-state index is 10.8. The SMILES string of the molecule is O=C(O)C1=CC=NN(c2ccncc2)C1. The van der Waals surface area contributed by atoms with Crippen LogP contribution in [0.25, 0.3) is 0 Å². The normalized spacial score (nSPS) is 14.9. The smallest absolute Gasteiger partial charge is 0.333 e. The highest BCUT2D eigenvalue weighted by Crippen LogP contribution is 2.16. The number of nitrogens with zero attached hydrogens (tertiary/aromatic N) is 3. The molecule has 2 rings (SSSR count). The van der Waals surface area contributed by atoms with Crippen LogP contribution in [-0.4, -0.2) is 28.8 Å². The third-order valence-electron chi connectivity index (χ3n) is 2.04. The summed E-state index contributed by atoms with van der Waals surface area (Å²) in [4.78, 5) is 14.6. The highest BCUT2D eigenvalue weighted by molar-refractivity contribution is 5.94. The zero-order valence-electron chi connectivity index (χ0n) is 7.87. The first-order valence-corrected chi connectivity index (χ1v) is 4.41. The van der Waals surface area contributed by atoms with E-state index >= 15 is 0 Å². The molecule has 0 fully saturated rings. The van der Waals surface area contributed by atoms with Gasteiger partial charge in [-0.15, -0.1) is 0 Å². The van der Waals surface area contributed by atoms with Crippen molar-refractivity contribution in [2.75, 3.05) is 11.6 Å². The van der Waals surface area contributed by atoms with Crippen molar-refractivity contribution in [2.24, 2.45) is 5.10 Å². The van der Waals surface area contributed by atoms with E-state index in [-0.39, 0.29) is 6.54 Å². The van der Waals surface area contributed by atoms with Gasteiger partial charge in [0.1, 0.15) is 0 Å². The summed E-state index contributed by atoms with van der Waals surface area (Å²) < 4.78 is 0.